The van der Waals surface area contributed by atoms with E-state index >= 15 is 0 Å². The molecule has 1 aromatic heterocycles. The normalized spacial score (nSPS) is 28.1. The molecule has 1 aliphatic rings. The molecular formula is C9H14N2OS. The molecule has 0 saturated carbocycles. The second-order valence-corrected chi connectivity index (χ2v) is 4.48. The van der Waals surface area contributed by atoms with Crippen molar-refractivity contribution in [1.29, 1.82) is 0 Å². The first kappa shape index (κ1) is 9.09. The van der Waals surface area contributed by atoms with Crippen LogP contribution in [-0.2, 0) is 10.5 Å². The predicted octanol–water partition coefficient (Wildman–Crippen LogP) is 1.82. The van der Waals surface area contributed by atoms with Crippen LogP contribution in [0.25, 0.3) is 0 Å². The van der Waals surface area contributed by atoms with Gasteiger partial charge in [-0.1, -0.05) is 0 Å². The van der Waals surface area contributed by atoms with Crippen molar-refractivity contribution in [2.24, 2.45) is 0 Å². The van der Waals surface area contributed by atoms with Gasteiger partial charge in [-0.3, -0.25) is 0 Å². The standard InChI is InChI=1S/C9H14N2OS/c1-7-8(2-5-12-7)13-6-9-10-3-4-11-9/h3-4,7-8H,2,5-6H2,1H3,(H,10,11). The second-order valence-electron chi connectivity index (χ2n) is 3.25. The Morgan fingerprint density at radius 2 is 2.69 bits per heavy atom. The minimum atomic E-state index is 0.403. The lowest BCUT2D eigenvalue weighted by atomic mass is 10.3. The van der Waals surface area contributed by atoms with E-state index in [1.165, 1.54) is 6.42 Å². The number of ether oxygens (including phenoxy) is 1. The van der Waals surface area contributed by atoms with E-state index in [1.54, 1.807) is 6.20 Å². The summed E-state index contributed by atoms with van der Waals surface area (Å²) in [5.74, 6) is 2.02. The zero-order chi connectivity index (χ0) is 9.10. The van der Waals surface area contributed by atoms with Gasteiger partial charge in [-0.2, -0.15) is 0 Å². The molecule has 0 amide bonds. The van der Waals surface area contributed by atoms with Crippen molar-refractivity contribution in [2.75, 3.05) is 6.61 Å². The largest absolute Gasteiger partial charge is 0.377 e. The molecule has 13 heavy (non-hydrogen) atoms. The highest BCUT2D eigenvalue weighted by molar-refractivity contribution is 7.99. The van der Waals surface area contributed by atoms with Crippen LogP contribution >= 0.6 is 11.8 Å². The maximum atomic E-state index is 5.48. The van der Waals surface area contributed by atoms with Crippen molar-refractivity contribution in [1.82, 2.24) is 9.97 Å². The molecule has 2 heterocycles. The monoisotopic (exact) mass is 198 g/mol. The number of thioether (sulfide) groups is 1. The highest BCUT2D eigenvalue weighted by Gasteiger charge is 2.24. The summed E-state index contributed by atoms with van der Waals surface area (Å²) in [5.41, 5.74) is 0. The number of H-pyrrole nitrogens is 1. The number of hydrogen-bond donors (Lipinski definition) is 1. The Hall–Kier alpha value is -0.480. The maximum absolute atomic E-state index is 5.48. The van der Waals surface area contributed by atoms with E-state index in [4.69, 9.17) is 4.74 Å². The number of nitrogens with zero attached hydrogens (tertiary/aromatic N) is 1. The summed E-state index contributed by atoms with van der Waals surface area (Å²) in [7, 11) is 0. The Morgan fingerprint density at radius 1 is 1.77 bits per heavy atom. The predicted molar refractivity (Wildman–Crippen MR) is 53.7 cm³/mol. The van der Waals surface area contributed by atoms with Gasteiger partial charge in [0.1, 0.15) is 5.82 Å². The van der Waals surface area contributed by atoms with E-state index in [-0.39, 0.29) is 0 Å². The summed E-state index contributed by atoms with van der Waals surface area (Å²) in [6.07, 6.45) is 5.24. The molecular weight excluding hydrogens is 184 g/mol. The first-order valence-electron chi connectivity index (χ1n) is 4.58. The van der Waals surface area contributed by atoms with Gasteiger partial charge in [-0.05, 0) is 13.3 Å². The van der Waals surface area contributed by atoms with Crippen molar-refractivity contribution in [3.05, 3.63) is 18.2 Å². The minimum Gasteiger partial charge on any atom is -0.377 e. The Kier molecular flexibility index (Phi) is 2.90. The minimum absolute atomic E-state index is 0.403. The first-order valence-corrected chi connectivity index (χ1v) is 5.62. The quantitative estimate of drug-likeness (QED) is 0.805. The summed E-state index contributed by atoms with van der Waals surface area (Å²) in [6, 6.07) is 0. The van der Waals surface area contributed by atoms with Crippen molar-refractivity contribution in [3.8, 4) is 0 Å². The van der Waals surface area contributed by atoms with Gasteiger partial charge in [0.15, 0.2) is 0 Å². The Balaban J connectivity index is 1.79. The highest BCUT2D eigenvalue weighted by Crippen LogP contribution is 2.27. The third-order valence-corrected chi connectivity index (χ3v) is 3.78. The average molecular weight is 198 g/mol. The smallest absolute Gasteiger partial charge is 0.116 e. The zero-order valence-electron chi connectivity index (χ0n) is 7.69. The van der Waals surface area contributed by atoms with Crippen LogP contribution in [0.3, 0.4) is 0 Å². The molecule has 4 heteroatoms. The van der Waals surface area contributed by atoms with Crippen molar-refractivity contribution in [3.63, 3.8) is 0 Å². The van der Waals surface area contributed by atoms with E-state index in [0.717, 1.165) is 18.2 Å². The number of aromatic amines is 1. The molecule has 0 spiro atoms. The van der Waals surface area contributed by atoms with Crippen LogP contribution < -0.4 is 0 Å². The Labute approximate surface area is 82.3 Å². The zero-order valence-corrected chi connectivity index (χ0v) is 8.51. The molecule has 1 fully saturated rings. The van der Waals surface area contributed by atoms with Gasteiger partial charge >= 0.3 is 0 Å². The van der Waals surface area contributed by atoms with Crippen LogP contribution in [0.15, 0.2) is 12.4 Å². The second kappa shape index (κ2) is 4.15. The third kappa shape index (κ3) is 2.25. The summed E-state index contributed by atoms with van der Waals surface area (Å²) < 4.78 is 5.48. The molecule has 0 radical (unpaired) electrons. The molecule has 1 aromatic rings. The van der Waals surface area contributed by atoms with Crippen LogP contribution in [0.2, 0.25) is 0 Å². The van der Waals surface area contributed by atoms with E-state index in [0.29, 0.717) is 11.4 Å². The number of aromatic nitrogens is 2. The van der Waals surface area contributed by atoms with Gasteiger partial charge < -0.3 is 9.72 Å². The molecule has 1 saturated heterocycles. The SMILES string of the molecule is CC1OCCC1SCc1ncc[nH]1. The van der Waals surface area contributed by atoms with Gasteiger partial charge in [-0.25, -0.2) is 4.98 Å². The molecule has 1 aliphatic heterocycles. The molecule has 2 rings (SSSR count). The molecule has 72 valence electrons. The summed E-state index contributed by atoms with van der Waals surface area (Å²) in [6.45, 7) is 3.06. The van der Waals surface area contributed by atoms with E-state index in [9.17, 15) is 0 Å². The lowest BCUT2D eigenvalue weighted by Crippen LogP contribution is -2.13. The molecule has 0 aliphatic carbocycles. The Bertz CT molecular complexity index is 250. The van der Waals surface area contributed by atoms with Crippen LogP contribution in [0.5, 0.6) is 0 Å². The fourth-order valence-electron chi connectivity index (χ4n) is 1.49. The molecule has 2 unspecified atom stereocenters. The van der Waals surface area contributed by atoms with Gasteiger partial charge in [0.05, 0.1) is 11.9 Å². The summed E-state index contributed by atoms with van der Waals surface area (Å²) >= 11 is 1.93. The van der Waals surface area contributed by atoms with Crippen molar-refractivity contribution in [2.45, 2.75) is 30.5 Å². The number of nitrogens with one attached hydrogen (secondary N) is 1. The van der Waals surface area contributed by atoms with E-state index in [1.807, 2.05) is 18.0 Å². The van der Waals surface area contributed by atoms with Gasteiger partial charge in [0.25, 0.3) is 0 Å². The molecule has 1 N–H and O–H groups in total. The third-order valence-electron chi connectivity index (χ3n) is 2.30. The number of rotatable bonds is 3. The van der Waals surface area contributed by atoms with Crippen LogP contribution in [0, 0.1) is 0 Å². The summed E-state index contributed by atoms with van der Waals surface area (Å²) in [5, 5.41) is 0.644. The number of imidazole rings is 1. The van der Waals surface area contributed by atoms with Gasteiger partial charge in [0, 0.05) is 24.3 Å². The van der Waals surface area contributed by atoms with E-state index in [2.05, 4.69) is 16.9 Å². The lowest BCUT2D eigenvalue weighted by Gasteiger charge is -2.11. The van der Waals surface area contributed by atoms with Crippen molar-refractivity contribution >= 4 is 11.8 Å². The molecule has 0 bridgehead atoms. The summed E-state index contributed by atoms with van der Waals surface area (Å²) in [4.78, 5) is 7.29. The fourth-order valence-corrected chi connectivity index (χ4v) is 2.64. The molecule has 3 nitrogen and oxygen atoms in total. The van der Waals surface area contributed by atoms with Crippen LogP contribution in [0.4, 0.5) is 0 Å². The van der Waals surface area contributed by atoms with Gasteiger partial charge in [-0.15, -0.1) is 11.8 Å². The number of hydrogen-bond acceptors (Lipinski definition) is 3. The van der Waals surface area contributed by atoms with Crippen LogP contribution in [0.1, 0.15) is 19.2 Å². The molecule has 2 atom stereocenters. The first-order chi connectivity index (χ1) is 6.36. The Morgan fingerprint density at radius 3 is 3.31 bits per heavy atom. The highest BCUT2D eigenvalue weighted by atomic mass is 32.2. The molecule has 0 aromatic carbocycles. The fraction of sp³-hybridized carbons (Fsp3) is 0.667. The van der Waals surface area contributed by atoms with Gasteiger partial charge in [0.2, 0.25) is 0 Å². The lowest BCUT2D eigenvalue weighted by molar-refractivity contribution is 0.127. The van der Waals surface area contributed by atoms with Crippen LogP contribution in [-0.4, -0.2) is 27.9 Å². The topological polar surface area (TPSA) is 37.9 Å². The van der Waals surface area contributed by atoms with Crippen molar-refractivity contribution < 1.29 is 4.74 Å². The maximum Gasteiger partial charge on any atom is 0.116 e. The average Bonchev–Trinajstić information content (AvgIpc) is 2.72. The van der Waals surface area contributed by atoms with E-state index < -0.39 is 0 Å².